The molecule has 0 unspecified atom stereocenters. The van der Waals surface area contributed by atoms with Gasteiger partial charge in [-0.05, 0) is 36.6 Å². The van der Waals surface area contributed by atoms with Crippen molar-refractivity contribution in [3.05, 3.63) is 91.0 Å². The Morgan fingerprint density at radius 1 is 0.542 bits per heavy atom. The first-order valence-electron chi connectivity index (χ1n) is 7.63. The van der Waals surface area contributed by atoms with Crippen molar-refractivity contribution in [3.8, 4) is 0 Å². The van der Waals surface area contributed by atoms with Crippen LogP contribution < -0.4 is 58.8 Å². The molecule has 0 saturated carbocycles. The van der Waals surface area contributed by atoms with Crippen molar-refractivity contribution in [1.82, 2.24) is 0 Å². The molecule has 24 heavy (non-hydrogen) atoms. The van der Waals surface area contributed by atoms with Crippen molar-refractivity contribution >= 4 is 28.1 Å². The van der Waals surface area contributed by atoms with Gasteiger partial charge in [0.15, 0.2) is 0 Å². The molecule has 0 nitrogen and oxygen atoms in total. The standard InChI is InChI=1S/C21H21P.HI.Li/c1-18(2)22(19-12-6-3-7-13-19,20-14-8-4-9-15-20)21-16-10-5-11-17-21;;/h3-17H,1-2H3;1H;/q;;+1/p-1. The minimum Gasteiger partial charge on any atom is -1.00 e. The number of benzene rings is 3. The second kappa shape index (κ2) is 9.69. The van der Waals surface area contributed by atoms with E-state index in [4.69, 9.17) is 0 Å². The van der Waals surface area contributed by atoms with Gasteiger partial charge >= 0.3 is 18.9 Å². The Labute approximate surface area is 174 Å². The normalized spacial score (nSPS) is 10.2. The first-order chi connectivity index (χ1) is 10.8. The fourth-order valence-electron chi connectivity index (χ4n) is 3.18. The average Bonchev–Trinajstić information content (AvgIpc) is 2.58. The van der Waals surface area contributed by atoms with Gasteiger partial charge in [0.25, 0.3) is 0 Å². The summed E-state index contributed by atoms with van der Waals surface area (Å²) in [5.41, 5.74) is 0. The summed E-state index contributed by atoms with van der Waals surface area (Å²) in [6.07, 6.45) is 0. The third-order valence-corrected chi connectivity index (χ3v) is 8.66. The van der Waals surface area contributed by atoms with Crippen LogP contribution in [-0.4, -0.2) is 5.29 Å². The van der Waals surface area contributed by atoms with Gasteiger partial charge in [0, 0.05) is 0 Å². The van der Waals surface area contributed by atoms with E-state index < -0.39 is 6.89 Å². The molecule has 3 rings (SSSR count). The van der Waals surface area contributed by atoms with E-state index in [0.29, 0.717) is 0 Å². The second-order valence-corrected chi connectivity index (χ2v) is 9.41. The molecule has 0 radical (unpaired) electrons. The molecule has 0 saturated heterocycles. The monoisotopic (exact) mass is 438 g/mol. The maximum Gasteiger partial charge on any atom is 1.00 e. The molecule has 0 aliphatic carbocycles. The van der Waals surface area contributed by atoms with Gasteiger partial charge in [-0.2, -0.15) is 0 Å². The Kier molecular flexibility index (Phi) is 8.61. The summed E-state index contributed by atoms with van der Waals surface area (Å²) in [6, 6.07) is 32.9. The van der Waals surface area contributed by atoms with Gasteiger partial charge in [0.2, 0.25) is 0 Å². The molecule has 0 N–H and O–H groups in total. The average molecular weight is 438 g/mol. The smallest absolute Gasteiger partial charge is 1.00 e. The van der Waals surface area contributed by atoms with Gasteiger partial charge in [0.05, 0.1) is 0 Å². The zero-order chi connectivity index (χ0) is 15.4. The largest absolute Gasteiger partial charge is 1.00 e. The van der Waals surface area contributed by atoms with Crippen molar-refractivity contribution in [1.29, 1.82) is 0 Å². The number of rotatable bonds is 3. The summed E-state index contributed by atoms with van der Waals surface area (Å²) in [4.78, 5) is 0. The predicted octanol–water partition coefficient (Wildman–Crippen LogP) is -1.80. The van der Waals surface area contributed by atoms with Crippen molar-refractivity contribution in [2.75, 3.05) is 0 Å². The Bertz CT molecular complexity index is 692. The predicted molar refractivity (Wildman–Crippen MR) is 102 cm³/mol. The number of hydrogen-bond acceptors (Lipinski definition) is 0. The van der Waals surface area contributed by atoms with Crippen LogP contribution in [0.4, 0.5) is 0 Å². The van der Waals surface area contributed by atoms with Crippen LogP contribution in [0.15, 0.2) is 91.0 Å². The van der Waals surface area contributed by atoms with E-state index in [0.717, 1.165) is 0 Å². The van der Waals surface area contributed by atoms with Crippen molar-refractivity contribution < 1.29 is 42.8 Å². The van der Waals surface area contributed by atoms with Gasteiger partial charge in [-0.25, -0.2) is 0 Å². The Hall–Kier alpha value is -0.713. The van der Waals surface area contributed by atoms with Gasteiger partial charge in [-0.15, -0.1) is 0 Å². The Morgan fingerprint density at radius 3 is 1.00 bits per heavy atom. The maximum atomic E-state index is 2.28. The Morgan fingerprint density at radius 2 is 0.792 bits per heavy atom. The molecule has 0 atom stereocenters. The molecule has 3 aromatic carbocycles. The maximum absolute atomic E-state index is 2.28. The molecule has 0 aliphatic rings. The summed E-state index contributed by atoms with van der Waals surface area (Å²) in [6.45, 7) is 2.85. The van der Waals surface area contributed by atoms with Crippen LogP contribution in [0.2, 0.25) is 0 Å². The molecular formula is C21H21ILiP. The molecule has 3 aromatic rings. The van der Waals surface area contributed by atoms with Gasteiger partial charge in [-0.1, -0.05) is 96.3 Å². The van der Waals surface area contributed by atoms with Crippen LogP contribution in [0.5, 0.6) is 0 Å². The molecule has 0 bridgehead atoms. The van der Waals surface area contributed by atoms with Crippen LogP contribution in [0.25, 0.3) is 0 Å². The van der Waals surface area contributed by atoms with Crippen molar-refractivity contribution in [3.63, 3.8) is 0 Å². The first kappa shape index (κ1) is 21.3. The topological polar surface area (TPSA) is 0 Å². The molecule has 118 valence electrons. The molecule has 3 heteroatoms. The molecule has 0 fully saturated rings. The molecule has 0 aliphatic heterocycles. The number of halogens is 1. The van der Waals surface area contributed by atoms with Crippen molar-refractivity contribution in [2.45, 2.75) is 13.8 Å². The SMILES string of the molecule is CC(C)=P(c1ccccc1)(c1ccccc1)c1ccccc1.[I-].[Li+]. The number of hydrogen-bond donors (Lipinski definition) is 0. The summed E-state index contributed by atoms with van der Waals surface area (Å²) in [5.74, 6) is 0. The van der Waals surface area contributed by atoms with E-state index in [1.807, 2.05) is 0 Å². The molecular weight excluding hydrogens is 417 g/mol. The fraction of sp³-hybridized carbons (Fsp3) is 0.0952. The van der Waals surface area contributed by atoms with Crippen molar-refractivity contribution in [2.24, 2.45) is 0 Å². The van der Waals surface area contributed by atoms with Gasteiger partial charge in [0.1, 0.15) is 0 Å². The van der Waals surface area contributed by atoms with Crippen LogP contribution in [-0.2, 0) is 0 Å². The van der Waals surface area contributed by atoms with Gasteiger partial charge in [-0.3, -0.25) is 0 Å². The van der Waals surface area contributed by atoms with E-state index in [1.54, 1.807) is 0 Å². The van der Waals surface area contributed by atoms with Crippen LogP contribution in [0.3, 0.4) is 0 Å². The first-order valence-corrected chi connectivity index (χ1v) is 9.42. The van der Waals surface area contributed by atoms with Gasteiger partial charge < -0.3 is 24.0 Å². The molecule has 0 spiro atoms. The zero-order valence-electron chi connectivity index (χ0n) is 14.5. The Balaban J connectivity index is 0.00000144. The quantitative estimate of drug-likeness (QED) is 0.258. The minimum absolute atomic E-state index is 0. The van der Waals surface area contributed by atoms with E-state index in [2.05, 4.69) is 105 Å². The van der Waals surface area contributed by atoms with E-state index in [-0.39, 0.29) is 42.8 Å². The summed E-state index contributed by atoms with van der Waals surface area (Å²) >= 11 is 0. The fourth-order valence-corrected chi connectivity index (χ4v) is 7.48. The summed E-state index contributed by atoms with van der Waals surface area (Å²) < 4.78 is 0. The third-order valence-electron chi connectivity index (χ3n) is 4.10. The second-order valence-electron chi connectivity index (χ2n) is 5.62. The molecule has 0 heterocycles. The van der Waals surface area contributed by atoms with Crippen LogP contribution in [0, 0.1) is 0 Å². The minimum atomic E-state index is -1.71. The van der Waals surface area contributed by atoms with Crippen LogP contribution in [0.1, 0.15) is 13.8 Å². The molecule has 0 aromatic heterocycles. The zero-order valence-corrected chi connectivity index (χ0v) is 17.5. The van der Waals surface area contributed by atoms with E-state index in [9.17, 15) is 0 Å². The molecule has 0 amide bonds. The third kappa shape index (κ3) is 3.92. The van der Waals surface area contributed by atoms with Crippen LogP contribution >= 0.6 is 6.89 Å². The summed E-state index contributed by atoms with van der Waals surface area (Å²) in [5, 5.41) is 5.75. The van der Waals surface area contributed by atoms with E-state index in [1.165, 1.54) is 21.2 Å². The van der Waals surface area contributed by atoms with E-state index >= 15 is 0 Å². The summed E-state index contributed by atoms with van der Waals surface area (Å²) in [7, 11) is 0.